The van der Waals surface area contributed by atoms with Gasteiger partial charge in [-0.05, 0) is 29.3 Å². The van der Waals surface area contributed by atoms with Crippen LogP contribution >= 0.6 is 0 Å². The molecule has 1 amide bonds. The van der Waals surface area contributed by atoms with Gasteiger partial charge in [-0.25, -0.2) is 4.79 Å². The number of rotatable bonds is 4. The maximum absolute atomic E-state index is 11.9. The summed E-state index contributed by atoms with van der Waals surface area (Å²) in [5, 5.41) is 12.7. The first-order valence-electron chi connectivity index (χ1n) is 7.58. The van der Waals surface area contributed by atoms with E-state index in [0.717, 1.165) is 11.1 Å². The second-order valence-electron chi connectivity index (χ2n) is 5.28. The summed E-state index contributed by atoms with van der Waals surface area (Å²) >= 11 is 0. The van der Waals surface area contributed by atoms with Gasteiger partial charge >= 0.3 is 6.09 Å². The van der Waals surface area contributed by atoms with Crippen molar-refractivity contribution in [1.82, 2.24) is 0 Å². The zero-order valence-electron chi connectivity index (χ0n) is 13.0. The maximum atomic E-state index is 11.9. The zero-order valence-corrected chi connectivity index (χ0v) is 13.0. The lowest BCUT2D eigenvalue weighted by molar-refractivity contribution is 0.155. The van der Waals surface area contributed by atoms with E-state index in [4.69, 9.17) is 4.74 Å². The first-order chi connectivity index (χ1) is 11.7. The lowest BCUT2D eigenvalue weighted by Crippen LogP contribution is -2.13. The van der Waals surface area contributed by atoms with Crippen LogP contribution in [0.25, 0.3) is 11.1 Å². The van der Waals surface area contributed by atoms with Gasteiger partial charge in [-0.15, -0.1) is 0 Å². The van der Waals surface area contributed by atoms with E-state index in [-0.39, 0.29) is 12.4 Å². The number of ether oxygens (including phenoxy) is 1. The Bertz CT molecular complexity index is 817. The van der Waals surface area contributed by atoms with Crippen LogP contribution in [0, 0.1) is 0 Å². The van der Waals surface area contributed by atoms with Crippen LogP contribution < -0.4 is 5.32 Å². The van der Waals surface area contributed by atoms with E-state index in [1.807, 2.05) is 60.7 Å². The Labute approximate surface area is 140 Å². The van der Waals surface area contributed by atoms with Crippen LogP contribution in [0.2, 0.25) is 0 Å². The maximum Gasteiger partial charge on any atom is 0.411 e. The van der Waals surface area contributed by atoms with Gasteiger partial charge in [0.25, 0.3) is 0 Å². The highest BCUT2D eigenvalue weighted by Crippen LogP contribution is 2.31. The van der Waals surface area contributed by atoms with Crippen molar-refractivity contribution in [1.29, 1.82) is 0 Å². The minimum atomic E-state index is -0.538. The quantitative estimate of drug-likeness (QED) is 0.679. The van der Waals surface area contributed by atoms with Gasteiger partial charge in [0.2, 0.25) is 0 Å². The van der Waals surface area contributed by atoms with Crippen molar-refractivity contribution in [2.24, 2.45) is 0 Å². The number of phenols is 1. The summed E-state index contributed by atoms with van der Waals surface area (Å²) in [4.78, 5) is 11.9. The topological polar surface area (TPSA) is 58.6 Å². The van der Waals surface area contributed by atoms with E-state index in [0.29, 0.717) is 11.3 Å². The molecule has 4 nitrogen and oxygen atoms in total. The molecule has 0 aliphatic rings. The van der Waals surface area contributed by atoms with Crippen LogP contribution in [0.4, 0.5) is 10.5 Å². The number of anilines is 1. The molecule has 4 heteroatoms. The van der Waals surface area contributed by atoms with Crippen LogP contribution in [-0.2, 0) is 11.3 Å². The second-order valence-corrected chi connectivity index (χ2v) is 5.28. The van der Waals surface area contributed by atoms with Crippen LogP contribution in [0.15, 0.2) is 78.9 Å². The van der Waals surface area contributed by atoms with Crippen LogP contribution in [0.5, 0.6) is 5.75 Å². The number of nitrogens with one attached hydrogen (secondary N) is 1. The van der Waals surface area contributed by atoms with Gasteiger partial charge in [0.15, 0.2) is 0 Å². The van der Waals surface area contributed by atoms with Gasteiger partial charge < -0.3 is 9.84 Å². The third-order valence-electron chi connectivity index (χ3n) is 3.54. The summed E-state index contributed by atoms with van der Waals surface area (Å²) in [5.74, 6) is 0.157. The van der Waals surface area contributed by atoms with Gasteiger partial charge in [0.05, 0.1) is 0 Å². The fourth-order valence-corrected chi connectivity index (χ4v) is 2.34. The van der Waals surface area contributed by atoms with Gasteiger partial charge in [-0.2, -0.15) is 0 Å². The second kappa shape index (κ2) is 7.33. The van der Waals surface area contributed by atoms with E-state index in [1.54, 1.807) is 18.2 Å². The van der Waals surface area contributed by atoms with Crippen molar-refractivity contribution in [2.45, 2.75) is 6.61 Å². The van der Waals surface area contributed by atoms with Crippen LogP contribution in [0.1, 0.15) is 5.56 Å². The van der Waals surface area contributed by atoms with Crippen LogP contribution in [0.3, 0.4) is 0 Å². The van der Waals surface area contributed by atoms with E-state index in [9.17, 15) is 9.90 Å². The predicted octanol–water partition coefficient (Wildman–Crippen LogP) is 4.81. The molecule has 0 aromatic heterocycles. The highest BCUT2D eigenvalue weighted by molar-refractivity contribution is 5.86. The number of hydrogen-bond donors (Lipinski definition) is 2. The predicted molar refractivity (Wildman–Crippen MR) is 93.8 cm³/mol. The molecule has 24 heavy (non-hydrogen) atoms. The monoisotopic (exact) mass is 319 g/mol. The number of hydrogen-bond acceptors (Lipinski definition) is 3. The summed E-state index contributed by atoms with van der Waals surface area (Å²) in [7, 11) is 0. The number of carbonyl (C=O) groups excluding carboxylic acids is 1. The van der Waals surface area contributed by atoms with E-state index < -0.39 is 6.09 Å². The Morgan fingerprint density at radius 1 is 0.917 bits per heavy atom. The minimum Gasteiger partial charge on any atom is -0.507 e. The smallest absolute Gasteiger partial charge is 0.411 e. The van der Waals surface area contributed by atoms with Gasteiger partial charge in [0.1, 0.15) is 12.4 Å². The summed E-state index contributed by atoms with van der Waals surface area (Å²) in [6, 6.07) is 23.9. The summed E-state index contributed by atoms with van der Waals surface area (Å²) in [6.07, 6.45) is -0.538. The first-order valence-corrected chi connectivity index (χ1v) is 7.58. The lowest BCUT2D eigenvalue weighted by Gasteiger charge is -2.10. The highest BCUT2D eigenvalue weighted by atomic mass is 16.5. The molecule has 0 bridgehead atoms. The van der Waals surface area contributed by atoms with Gasteiger partial charge in [-0.1, -0.05) is 60.7 Å². The molecule has 0 spiro atoms. The number of phenolic OH excluding ortho intramolecular Hbond substituents is 1. The molecule has 0 radical (unpaired) electrons. The lowest BCUT2D eigenvalue weighted by atomic mass is 10.0. The third-order valence-corrected chi connectivity index (χ3v) is 3.54. The number of carbonyl (C=O) groups is 1. The SMILES string of the molecule is O=C(Nc1ccc(O)c(-c2ccccc2)c1)OCc1ccccc1. The Hall–Kier alpha value is -3.27. The highest BCUT2D eigenvalue weighted by Gasteiger charge is 2.08. The minimum absolute atomic E-state index is 0.157. The van der Waals surface area contributed by atoms with E-state index >= 15 is 0 Å². The molecule has 0 aliphatic heterocycles. The summed E-state index contributed by atoms with van der Waals surface area (Å²) < 4.78 is 5.20. The fraction of sp³-hybridized carbons (Fsp3) is 0.0500. The molecule has 0 heterocycles. The first kappa shape index (κ1) is 15.6. The molecule has 2 N–H and O–H groups in total. The van der Waals surface area contributed by atoms with Crippen LogP contribution in [-0.4, -0.2) is 11.2 Å². The molecule has 0 saturated heterocycles. The fourth-order valence-electron chi connectivity index (χ4n) is 2.34. The Balaban J connectivity index is 1.68. The van der Waals surface area contributed by atoms with E-state index in [2.05, 4.69) is 5.32 Å². The zero-order chi connectivity index (χ0) is 16.8. The molecule has 0 fully saturated rings. The van der Waals surface area contributed by atoms with E-state index in [1.165, 1.54) is 0 Å². The Morgan fingerprint density at radius 3 is 2.29 bits per heavy atom. The molecule has 0 aliphatic carbocycles. The molecule has 0 unspecified atom stereocenters. The Kier molecular flexibility index (Phi) is 4.77. The normalized spacial score (nSPS) is 10.2. The van der Waals surface area contributed by atoms with Crippen molar-refractivity contribution in [3.63, 3.8) is 0 Å². The van der Waals surface area contributed by atoms with Gasteiger partial charge in [-0.3, -0.25) is 5.32 Å². The molecule has 120 valence electrons. The molecule has 3 rings (SSSR count). The summed E-state index contributed by atoms with van der Waals surface area (Å²) in [5.41, 5.74) is 3.00. The Morgan fingerprint density at radius 2 is 1.58 bits per heavy atom. The summed E-state index contributed by atoms with van der Waals surface area (Å²) in [6.45, 7) is 0.205. The number of amides is 1. The van der Waals surface area contributed by atoms with Crippen molar-refractivity contribution in [3.05, 3.63) is 84.4 Å². The molecular formula is C20H17NO3. The number of aromatic hydroxyl groups is 1. The molecule has 0 atom stereocenters. The van der Waals surface area contributed by atoms with Crippen molar-refractivity contribution >= 4 is 11.8 Å². The standard InChI is InChI=1S/C20H17NO3/c22-19-12-11-17(13-18(19)16-9-5-2-6-10-16)21-20(23)24-14-15-7-3-1-4-8-15/h1-13,22H,14H2,(H,21,23). The average Bonchev–Trinajstić information content (AvgIpc) is 2.63. The molecule has 3 aromatic carbocycles. The largest absolute Gasteiger partial charge is 0.507 e. The third kappa shape index (κ3) is 3.93. The van der Waals surface area contributed by atoms with Gasteiger partial charge in [0, 0.05) is 11.3 Å². The van der Waals surface area contributed by atoms with Crippen molar-refractivity contribution in [3.8, 4) is 16.9 Å². The van der Waals surface area contributed by atoms with Crippen molar-refractivity contribution < 1.29 is 14.6 Å². The molecule has 3 aromatic rings. The number of benzene rings is 3. The molecule has 0 saturated carbocycles. The molecular weight excluding hydrogens is 302 g/mol. The average molecular weight is 319 g/mol. The van der Waals surface area contributed by atoms with Crippen molar-refractivity contribution in [2.75, 3.05) is 5.32 Å².